The number of pyridine rings is 1. The van der Waals surface area contributed by atoms with Gasteiger partial charge in [0.15, 0.2) is 0 Å². The van der Waals surface area contributed by atoms with Crippen LogP contribution in [0.25, 0.3) is 11.0 Å². The number of anilines is 1. The standard InChI is InChI=1S/C19H17ClN4O3/c1-23-15-14(16(25)24(2)18(23)27)9-13(10-21-15)22-17(26)19(7-8-19)11-3-5-12(20)6-4-11/h3-6,9-10H,7-8H2,1-2H3,(H,22,26). The molecule has 1 fully saturated rings. The van der Waals surface area contributed by atoms with Crippen LogP contribution in [0.3, 0.4) is 0 Å². The Labute approximate surface area is 159 Å². The number of nitrogens with zero attached hydrogens (tertiary/aromatic N) is 3. The lowest BCUT2D eigenvalue weighted by molar-refractivity contribution is -0.118. The fourth-order valence-electron chi connectivity index (χ4n) is 3.33. The maximum absolute atomic E-state index is 12.9. The third kappa shape index (κ3) is 2.75. The molecule has 0 saturated heterocycles. The van der Waals surface area contributed by atoms with Crippen molar-refractivity contribution in [3.8, 4) is 0 Å². The van der Waals surface area contributed by atoms with Crippen LogP contribution in [0.5, 0.6) is 0 Å². The van der Waals surface area contributed by atoms with Crippen LogP contribution in [-0.4, -0.2) is 20.0 Å². The molecule has 0 unspecified atom stereocenters. The molecule has 1 aliphatic carbocycles. The quantitative estimate of drug-likeness (QED) is 0.747. The van der Waals surface area contributed by atoms with Crippen molar-refractivity contribution in [1.82, 2.24) is 14.1 Å². The Balaban J connectivity index is 1.70. The van der Waals surface area contributed by atoms with Crippen molar-refractivity contribution < 1.29 is 4.79 Å². The van der Waals surface area contributed by atoms with Crippen LogP contribution in [0.2, 0.25) is 5.02 Å². The minimum Gasteiger partial charge on any atom is -0.324 e. The van der Waals surface area contributed by atoms with Crippen LogP contribution in [0.4, 0.5) is 5.69 Å². The lowest BCUT2D eigenvalue weighted by Gasteiger charge is -2.16. The third-order valence-electron chi connectivity index (χ3n) is 5.13. The lowest BCUT2D eigenvalue weighted by atomic mass is 9.95. The predicted octanol–water partition coefficient (Wildman–Crippen LogP) is 1.96. The normalized spacial score (nSPS) is 14.9. The fourth-order valence-corrected chi connectivity index (χ4v) is 3.45. The van der Waals surface area contributed by atoms with E-state index in [1.54, 1.807) is 25.2 Å². The molecule has 4 rings (SSSR count). The molecule has 2 heterocycles. The van der Waals surface area contributed by atoms with Crippen molar-refractivity contribution in [2.24, 2.45) is 14.1 Å². The Kier molecular flexibility index (Phi) is 3.92. The molecule has 3 aromatic rings. The molecular weight excluding hydrogens is 368 g/mol. The molecule has 8 heteroatoms. The monoisotopic (exact) mass is 384 g/mol. The molecule has 7 nitrogen and oxygen atoms in total. The van der Waals surface area contributed by atoms with Gasteiger partial charge in [-0.2, -0.15) is 0 Å². The van der Waals surface area contributed by atoms with Gasteiger partial charge in [0, 0.05) is 19.1 Å². The van der Waals surface area contributed by atoms with Gasteiger partial charge in [-0.05, 0) is 36.6 Å². The molecule has 0 atom stereocenters. The maximum atomic E-state index is 12.9. The Morgan fingerprint density at radius 2 is 1.81 bits per heavy atom. The van der Waals surface area contributed by atoms with Crippen LogP contribution in [0.1, 0.15) is 18.4 Å². The largest absolute Gasteiger partial charge is 0.332 e. The number of fused-ring (bicyclic) bond motifs is 1. The smallest absolute Gasteiger partial charge is 0.324 e. The van der Waals surface area contributed by atoms with E-state index >= 15 is 0 Å². The lowest BCUT2D eigenvalue weighted by Crippen LogP contribution is -2.37. The fraction of sp³-hybridized carbons (Fsp3) is 0.263. The second-order valence-corrected chi connectivity index (χ2v) is 7.28. The molecule has 0 aliphatic heterocycles. The average Bonchev–Trinajstić information content (AvgIpc) is 3.47. The summed E-state index contributed by atoms with van der Waals surface area (Å²) in [7, 11) is 2.96. The molecule has 138 valence electrons. The zero-order valence-electron chi connectivity index (χ0n) is 14.8. The van der Waals surface area contributed by atoms with Gasteiger partial charge < -0.3 is 5.32 Å². The SMILES string of the molecule is Cn1c(=O)c2cc(NC(=O)C3(c4ccc(Cl)cc4)CC3)cnc2n(C)c1=O. The average molecular weight is 385 g/mol. The first-order valence-electron chi connectivity index (χ1n) is 8.47. The summed E-state index contributed by atoms with van der Waals surface area (Å²) in [6, 6.07) is 8.82. The minimum absolute atomic E-state index is 0.146. The third-order valence-corrected chi connectivity index (χ3v) is 5.38. The number of halogens is 1. The number of aromatic nitrogens is 3. The number of hydrogen-bond acceptors (Lipinski definition) is 4. The molecule has 1 saturated carbocycles. The van der Waals surface area contributed by atoms with Crippen LogP contribution < -0.4 is 16.6 Å². The summed E-state index contributed by atoms with van der Waals surface area (Å²) in [4.78, 5) is 41.5. The van der Waals surface area contributed by atoms with Crippen LogP contribution in [-0.2, 0) is 24.3 Å². The molecular formula is C19H17ClN4O3. The number of nitrogens with one attached hydrogen (secondary N) is 1. The Hall–Kier alpha value is -2.93. The van der Waals surface area contributed by atoms with Gasteiger partial charge in [0.2, 0.25) is 5.91 Å². The van der Waals surface area contributed by atoms with Gasteiger partial charge in [-0.3, -0.25) is 18.7 Å². The van der Waals surface area contributed by atoms with E-state index in [0.29, 0.717) is 10.7 Å². The van der Waals surface area contributed by atoms with Crippen LogP contribution in [0, 0.1) is 0 Å². The second kappa shape index (κ2) is 6.06. The number of amides is 1. The molecule has 1 amide bonds. The second-order valence-electron chi connectivity index (χ2n) is 6.84. The minimum atomic E-state index is -0.575. The van der Waals surface area contributed by atoms with E-state index in [1.807, 2.05) is 12.1 Å². The number of carbonyl (C=O) groups excluding carboxylic acids is 1. The Bertz CT molecular complexity index is 1190. The van der Waals surface area contributed by atoms with Crippen molar-refractivity contribution in [3.05, 3.63) is 68.0 Å². The highest BCUT2D eigenvalue weighted by atomic mass is 35.5. The van der Waals surface area contributed by atoms with Gasteiger partial charge in [-0.25, -0.2) is 9.78 Å². The first kappa shape index (κ1) is 17.5. The summed E-state index contributed by atoms with van der Waals surface area (Å²) < 4.78 is 2.32. The molecule has 1 N–H and O–H groups in total. The number of hydrogen-bond donors (Lipinski definition) is 1. The van der Waals surface area contributed by atoms with Crippen molar-refractivity contribution in [2.75, 3.05) is 5.32 Å². The van der Waals surface area contributed by atoms with Crippen molar-refractivity contribution in [1.29, 1.82) is 0 Å². The van der Waals surface area contributed by atoms with E-state index in [2.05, 4.69) is 10.3 Å². The Morgan fingerprint density at radius 3 is 2.44 bits per heavy atom. The number of aryl methyl sites for hydroxylation is 1. The first-order valence-corrected chi connectivity index (χ1v) is 8.84. The maximum Gasteiger partial charge on any atom is 0.332 e. The van der Waals surface area contributed by atoms with E-state index in [-0.39, 0.29) is 16.9 Å². The molecule has 1 aromatic carbocycles. The van der Waals surface area contributed by atoms with Crippen LogP contribution in [0.15, 0.2) is 46.1 Å². The molecule has 27 heavy (non-hydrogen) atoms. The molecule has 0 bridgehead atoms. The number of carbonyl (C=O) groups is 1. The summed E-state index contributed by atoms with van der Waals surface area (Å²) >= 11 is 5.93. The highest BCUT2D eigenvalue weighted by Crippen LogP contribution is 2.49. The van der Waals surface area contributed by atoms with Gasteiger partial charge in [-0.1, -0.05) is 23.7 Å². The van der Waals surface area contributed by atoms with Gasteiger partial charge in [-0.15, -0.1) is 0 Å². The van der Waals surface area contributed by atoms with Gasteiger partial charge in [0.25, 0.3) is 5.56 Å². The topological polar surface area (TPSA) is 86.0 Å². The Morgan fingerprint density at radius 1 is 1.15 bits per heavy atom. The van der Waals surface area contributed by atoms with E-state index in [9.17, 15) is 14.4 Å². The molecule has 2 aromatic heterocycles. The van der Waals surface area contributed by atoms with Gasteiger partial charge in [0.1, 0.15) is 5.65 Å². The zero-order valence-corrected chi connectivity index (χ0v) is 15.6. The molecule has 1 aliphatic rings. The van der Waals surface area contributed by atoms with Gasteiger partial charge in [0.05, 0.1) is 22.7 Å². The van der Waals surface area contributed by atoms with Gasteiger partial charge >= 0.3 is 5.69 Å². The van der Waals surface area contributed by atoms with E-state index in [4.69, 9.17) is 11.6 Å². The summed E-state index contributed by atoms with van der Waals surface area (Å²) in [6.45, 7) is 0. The summed E-state index contributed by atoms with van der Waals surface area (Å²) in [5, 5.41) is 3.75. The number of benzene rings is 1. The zero-order chi connectivity index (χ0) is 19.3. The highest BCUT2D eigenvalue weighted by Gasteiger charge is 2.51. The molecule has 0 spiro atoms. The highest BCUT2D eigenvalue weighted by molar-refractivity contribution is 6.30. The summed E-state index contributed by atoms with van der Waals surface area (Å²) in [5.41, 5.74) is 0.139. The summed E-state index contributed by atoms with van der Waals surface area (Å²) in [5.74, 6) is -0.146. The van der Waals surface area contributed by atoms with Crippen molar-refractivity contribution in [2.45, 2.75) is 18.3 Å². The van der Waals surface area contributed by atoms with Crippen molar-refractivity contribution in [3.63, 3.8) is 0 Å². The predicted molar refractivity (Wildman–Crippen MR) is 103 cm³/mol. The van der Waals surface area contributed by atoms with E-state index in [0.717, 1.165) is 23.0 Å². The van der Waals surface area contributed by atoms with E-state index < -0.39 is 16.7 Å². The summed E-state index contributed by atoms with van der Waals surface area (Å²) in [6.07, 6.45) is 2.95. The number of rotatable bonds is 3. The first-order chi connectivity index (χ1) is 12.8. The van der Waals surface area contributed by atoms with Crippen molar-refractivity contribution >= 4 is 34.2 Å². The van der Waals surface area contributed by atoms with E-state index in [1.165, 1.54) is 17.8 Å². The van der Waals surface area contributed by atoms with Crippen LogP contribution >= 0.6 is 11.6 Å². The molecule has 0 radical (unpaired) electrons.